The van der Waals surface area contributed by atoms with E-state index in [2.05, 4.69) is 15.0 Å². The van der Waals surface area contributed by atoms with Gasteiger partial charge in [0, 0.05) is 49.3 Å². The normalized spacial score (nSPS) is 17.1. The van der Waals surface area contributed by atoms with Gasteiger partial charge in [-0.05, 0) is 31.4 Å². The van der Waals surface area contributed by atoms with Crippen LogP contribution in [0.1, 0.15) is 41.9 Å². The zero-order valence-electron chi connectivity index (χ0n) is 15.3. The van der Waals surface area contributed by atoms with Crippen LogP contribution in [0.25, 0.3) is 0 Å². The first kappa shape index (κ1) is 18.8. The minimum absolute atomic E-state index is 0.00371. The molecule has 0 unspecified atom stereocenters. The molecule has 28 heavy (non-hydrogen) atoms. The van der Waals surface area contributed by atoms with Crippen LogP contribution in [0.5, 0.6) is 0 Å². The third-order valence-electron chi connectivity index (χ3n) is 5.18. The molecule has 1 aromatic carbocycles. The van der Waals surface area contributed by atoms with E-state index in [0.717, 1.165) is 37.2 Å². The molecule has 3 heterocycles. The zero-order chi connectivity index (χ0) is 19.7. The molecule has 1 aromatic heterocycles. The lowest BCUT2D eigenvalue weighted by atomic mass is 10.0. The molecule has 9 heteroatoms. The van der Waals surface area contributed by atoms with Crippen LogP contribution >= 0.6 is 11.6 Å². The minimum atomic E-state index is -0.426. The molecule has 1 N–H and O–H groups in total. The number of benzene rings is 1. The maximum Gasteiger partial charge on any atom is 0.275 e. The van der Waals surface area contributed by atoms with E-state index >= 15 is 0 Å². The number of nitro benzene ring substituents is 1. The third kappa shape index (κ3) is 3.83. The summed E-state index contributed by atoms with van der Waals surface area (Å²) in [5, 5.41) is 11.6. The summed E-state index contributed by atoms with van der Waals surface area (Å²) < 4.78 is 0. The summed E-state index contributed by atoms with van der Waals surface area (Å²) in [4.78, 5) is 37.6. The lowest BCUT2D eigenvalue weighted by Gasteiger charge is -2.27. The summed E-state index contributed by atoms with van der Waals surface area (Å²) in [5.74, 6) is 0.588. The molecule has 0 atom stereocenters. The van der Waals surface area contributed by atoms with E-state index in [9.17, 15) is 14.9 Å². The van der Waals surface area contributed by atoms with Gasteiger partial charge in [-0.3, -0.25) is 24.8 Å². The van der Waals surface area contributed by atoms with Crippen molar-refractivity contribution < 1.29 is 4.92 Å². The number of hydrogen-bond donors (Lipinski definition) is 1. The Labute approximate surface area is 166 Å². The molecular weight excluding hydrogens is 382 g/mol. The molecular formula is C19H20ClN5O3. The maximum absolute atomic E-state index is 12.6. The number of H-pyrrole nitrogens is 1. The molecule has 8 nitrogen and oxygen atoms in total. The largest absolute Gasteiger partial charge is 0.305 e. The minimum Gasteiger partial charge on any atom is -0.305 e. The summed E-state index contributed by atoms with van der Waals surface area (Å²) in [6.45, 7) is 2.24. The van der Waals surface area contributed by atoms with Gasteiger partial charge in [0.15, 0.2) is 5.82 Å². The highest BCUT2D eigenvalue weighted by atomic mass is 35.5. The molecule has 2 aromatic rings. The van der Waals surface area contributed by atoms with Crippen molar-refractivity contribution in [2.24, 2.45) is 4.99 Å². The monoisotopic (exact) mass is 401 g/mol. The molecule has 0 amide bonds. The first-order valence-corrected chi connectivity index (χ1v) is 9.70. The average molecular weight is 402 g/mol. The lowest BCUT2D eigenvalue weighted by Crippen LogP contribution is -2.36. The van der Waals surface area contributed by atoms with Crippen molar-refractivity contribution in [3.63, 3.8) is 0 Å². The first-order chi connectivity index (χ1) is 13.5. The van der Waals surface area contributed by atoms with E-state index in [1.54, 1.807) is 12.1 Å². The van der Waals surface area contributed by atoms with Gasteiger partial charge in [0.2, 0.25) is 0 Å². The quantitative estimate of drug-likeness (QED) is 0.626. The molecule has 2 aliphatic rings. The van der Waals surface area contributed by atoms with Crippen molar-refractivity contribution >= 4 is 23.0 Å². The summed E-state index contributed by atoms with van der Waals surface area (Å²) in [5.41, 5.74) is 2.73. The maximum atomic E-state index is 12.6. The van der Waals surface area contributed by atoms with Gasteiger partial charge < -0.3 is 4.98 Å². The standard InChI is InChI=1S/C19H20ClN5O3/c20-13-5-4-12(17(9-13)25(27)28)10-24-8-6-15-14(11-24)19(26)23-18(22-15)16-3-1-2-7-21-16/h4-5,9H,1-3,6-8,10-11H2,(H,22,23,26). The van der Waals surface area contributed by atoms with Gasteiger partial charge in [0.25, 0.3) is 11.2 Å². The van der Waals surface area contributed by atoms with Gasteiger partial charge in [-0.2, -0.15) is 0 Å². The van der Waals surface area contributed by atoms with Gasteiger partial charge >= 0.3 is 0 Å². The van der Waals surface area contributed by atoms with Crippen molar-refractivity contribution in [1.29, 1.82) is 0 Å². The van der Waals surface area contributed by atoms with Crippen LogP contribution in [0.15, 0.2) is 28.0 Å². The van der Waals surface area contributed by atoms with Gasteiger partial charge in [0.05, 0.1) is 21.9 Å². The molecule has 0 saturated carbocycles. The Morgan fingerprint density at radius 1 is 1.29 bits per heavy atom. The van der Waals surface area contributed by atoms with Gasteiger partial charge in [-0.15, -0.1) is 0 Å². The Kier molecular flexibility index (Phi) is 5.23. The average Bonchev–Trinajstić information content (AvgIpc) is 2.70. The van der Waals surface area contributed by atoms with Crippen LogP contribution < -0.4 is 5.56 Å². The second-order valence-electron chi connectivity index (χ2n) is 7.12. The van der Waals surface area contributed by atoms with E-state index in [-0.39, 0.29) is 11.2 Å². The molecule has 0 fully saturated rings. The second kappa shape index (κ2) is 7.81. The first-order valence-electron chi connectivity index (χ1n) is 9.32. The van der Waals surface area contributed by atoms with Crippen LogP contribution in [-0.2, 0) is 19.5 Å². The summed E-state index contributed by atoms with van der Waals surface area (Å²) in [6.07, 6.45) is 3.60. The number of halogens is 1. The smallest absolute Gasteiger partial charge is 0.275 e. The molecule has 0 bridgehead atoms. The molecule has 0 radical (unpaired) electrons. The Bertz CT molecular complexity index is 1020. The van der Waals surface area contributed by atoms with Crippen LogP contribution in [0.4, 0.5) is 5.69 Å². The highest BCUT2D eigenvalue weighted by Gasteiger charge is 2.25. The van der Waals surface area contributed by atoms with Gasteiger partial charge in [-0.25, -0.2) is 4.98 Å². The fourth-order valence-electron chi connectivity index (χ4n) is 3.72. The van der Waals surface area contributed by atoms with Gasteiger partial charge in [-0.1, -0.05) is 11.6 Å². The number of aliphatic imine (C=N–C) groups is 1. The number of hydrogen-bond acceptors (Lipinski definition) is 6. The lowest BCUT2D eigenvalue weighted by molar-refractivity contribution is -0.385. The SMILES string of the molecule is O=c1[nH]c(C2=NCCCC2)nc2c1CN(Cc1ccc(Cl)cc1[N+](=O)[O-])CC2. The Hall–Kier alpha value is -2.58. The third-order valence-corrected chi connectivity index (χ3v) is 5.42. The Morgan fingerprint density at radius 3 is 2.89 bits per heavy atom. The van der Waals surface area contributed by atoms with Crippen LogP contribution in [0, 0.1) is 10.1 Å². The van der Waals surface area contributed by atoms with E-state index in [1.807, 2.05) is 4.90 Å². The summed E-state index contributed by atoms with van der Waals surface area (Å²) in [6, 6.07) is 4.68. The number of rotatable bonds is 4. The zero-order valence-corrected chi connectivity index (χ0v) is 16.0. The fraction of sp³-hybridized carbons (Fsp3) is 0.421. The molecule has 0 aliphatic carbocycles. The van der Waals surface area contributed by atoms with Crippen LogP contribution in [-0.4, -0.2) is 38.6 Å². The molecule has 0 spiro atoms. The Balaban J connectivity index is 1.57. The van der Waals surface area contributed by atoms with Crippen molar-refractivity contribution in [2.45, 2.75) is 38.8 Å². The number of nitrogens with one attached hydrogen (secondary N) is 1. The van der Waals surface area contributed by atoms with Crippen LogP contribution in [0.2, 0.25) is 5.02 Å². The topological polar surface area (TPSA) is 104 Å². The van der Waals surface area contributed by atoms with Crippen molar-refractivity contribution in [1.82, 2.24) is 14.9 Å². The predicted octanol–water partition coefficient (Wildman–Crippen LogP) is 2.86. The Morgan fingerprint density at radius 2 is 2.14 bits per heavy atom. The highest BCUT2D eigenvalue weighted by Crippen LogP contribution is 2.26. The number of aromatic amines is 1. The fourth-order valence-corrected chi connectivity index (χ4v) is 3.89. The number of nitro groups is 1. The van der Waals surface area contributed by atoms with Gasteiger partial charge in [0.1, 0.15) is 0 Å². The summed E-state index contributed by atoms with van der Waals surface area (Å²) in [7, 11) is 0. The summed E-state index contributed by atoms with van der Waals surface area (Å²) >= 11 is 5.89. The molecule has 146 valence electrons. The van der Waals surface area contributed by atoms with E-state index in [1.165, 1.54) is 6.07 Å². The molecule has 2 aliphatic heterocycles. The van der Waals surface area contributed by atoms with Crippen LogP contribution in [0.3, 0.4) is 0 Å². The number of fused-ring (bicyclic) bond motifs is 1. The van der Waals surface area contributed by atoms with E-state index in [4.69, 9.17) is 11.6 Å². The van der Waals surface area contributed by atoms with Crippen molar-refractivity contribution in [3.8, 4) is 0 Å². The van der Waals surface area contributed by atoms with Crippen molar-refractivity contribution in [3.05, 3.63) is 66.3 Å². The van der Waals surface area contributed by atoms with E-state index < -0.39 is 4.92 Å². The number of nitrogens with zero attached hydrogens (tertiary/aromatic N) is 4. The highest BCUT2D eigenvalue weighted by molar-refractivity contribution is 6.30. The molecule has 4 rings (SSSR count). The van der Waals surface area contributed by atoms with E-state index in [0.29, 0.717) is 48.0 Å². The predicted molar refractivity (Wildman–Crippen MR) is 106 cm³/mol. The number of aromatic nitrogens is 2. The second-order valence-corrected chi connectivity index (χ2v) is 7.55. The molecule has 0 saturated heterocycles. The van der Waals surface area contributed by atoms with Crippen molar-refractivity contribution in [2.75, 3.05) is 13.1 Å².